The summed E-state index contributed by atoms with van der Waals surface area (Å²) in [6.45, 7) is 7.81. The van der Waals surface area contributed by atoms with E-state index in [0.29, 0.717) is 11.5 Å². The molecule has 2 heterocycles. The van der Waals surface area contributed by atoms with E-state index in [-0.39, 0.29) is 16.9 Å². The molecule has 0 fully saturated rings. The van der Waals surface area contributed by atoms with Gasteiger partial charge in [-0.2, -0.15) is 0 Å². The highest BCUT2D eigenvalue weighted by Crippen LogP contribution is 2.22. The molecule has 120 valence electrons. The Morgan fingerprint density at radius 3 is 2.36 bits per heavy atom. The third-order valence-corrected chi connectivity index (χ3v) is 4.71. The van der Waals surface area contributed by atoms with Gasteiger partial charge in [-0.25, -0.2) is 18.1 Å². The standard InChI is InChI=1S/C15H22N4O2S/c1-10(2)14(12-7-5-6-8-16-12)19-22(20,21)13-9-17-15(18-13)11(3)4/h5-11,14,19H,1-4H3,(H,17,18)/t14-/m1/s1. The summed E-state index contributed by atoms with van der Waals surface area (Å²) in [5.41, 5.74) is 0.699. The number of aromatic nitrogens is 3. The van der Waals surface area contributed by atoms with E-state index >= 15 is 0 Å². The van der Waals surface area contributed by atoms with Crippen LogP contribution >= 0.6 is 0 Å². The third-order valence-electron chi connectivity index (χ3n) is 3.36. The largest absolute Gasteiger partial charge is 0.332 e. The van der Waals surface area contributed by atoms with Crippen molar-refractivity contribution >= 4 is 10.0 Å². The maximum Gasteiger partial charge on any atom is 0.258 e. The Morgan fingerprint density at radius 1 is 1.14 bits per heavy atom. The number of imidazole rings is 1. The van der Waals surface area contributed by atoms with Crippen LogP contribution in [0.15, 0.2) is 35.6 Å². The first kappa shape index (κ1) is 16.6. The molecule has 0 radical (unpaired) electrons. The molecule has 0 aromatic carbocycles. The molecule has 0 spiro atoms. The Morgan fingerprint density at radius 2 is 1.86 bits per heavy atom. The molecule has 0 amide bonds. The number of H-pyrrole nitrogens is 1. The van der Waals surface area contributed by atoms with Crippen molar-refractivity contribution in [3.63, 3.8) is 0 Å². The quantitative estimate of drug-likeness (QED) is 0.855. The summed E-state index contributed by atoms with van der Waals surface area (Å²) < 4.78 is 27.8. The zero-order chi connectivity index (χ0) is 16.3. The number of nitrogens with zero attached hydrogens (tertiary/aromatic N) is 2. The fourth-order valence-corrected chi connectivity index (χ4v) is 3.36. The highest BCUT2D eigenvalue weighted by atomic mass is 32.2. The second-order valence-electron chi connectivity index (χ2n) is 5.88. The molecule has 0 bridgehead atoms. The van der Waals surface area contributed by atoms with E-state index in [1.807, 2.05) is 39.8 Å². The van der Waals surface area contributed by atoms with Gasteiger partial charge in [-0.1, -0.05) is 33.8 Å². The minimum absolute atomic E-state index is 0.0668. The van der Waals surface area contributed by atoms with Crippen molar-refractivity contribution < 1.29 is 8.42 Å². The molecule has 0 unspecified atom stereocenters. The monoisotopic (exact) mass is 322 g/mol. The van der Waals surface area contributed by atoms with Gasteiger partial charge in [-0.3, -0.25) is 4.98 Å². The molecule has 2 aromatic heterocycles. The molecule has 6 nitrogen and oxygen atoms in total. The summed E-state index contributed by atoms with van der Waals surface area (Å²) in [7, 11) is -3.67. The lowest BCUT2D eigenvalue weighted by Gasteiger charge is -2.21. The van der Waals surface area contributed by atoms with Gasteiger partial charge in [-0.15, -0.1) is 0 Å². The fraction of sp³-hybridized carbons (Fsp3) is 0.467. The van der Waals surface area contributed by atoms with Crippen LogP contribution in [-0.4, -0.2) is 23.4 Å². The van der Waals surface area contributed by atoms with Crippen molar-refractivity contribution in [2.24, 2.45) is 5.92 Å². The number of hydrogen-bond acceptors (Lipinski definition) is 4. The van der Waals surface area contributed by atoms with Crippen LogP contribution in [0.2, 0.25) is 0 Å². The van der Waals surface area contributed by atoms with Crippen LogP contribution in [0.5, 0.6) is 0 Å². The van der Waals surface area contributed by atoms with Gasteiger partial charge in [0.25, 0.3) is 10.0 Å². The van der Waals surface area contributed by atoms with E-state index in [4.69, 9.17) is 0 Å². The van der Waals surface area contributed by atoms with Gasteiger partial charge in [0, 0.05) is 12.1 Å². The molecule has 2 N–H and O–H groups in total. The normalized spacial score (nSPS) is 13.7. The van der Waals surface area contributed by atoms with Crippen molar-refractivity contribution in [1.82, 2.24) is 19.7 Å². The second kappa shape index (κ2) is 6.58. The number of pyridine rings is 1. The topological polar surface area (TPSA) is 87.7 Å². The third kappa shape index (κ3) is 3.72. The average Bonchev–Trinajstić information content (AvgIpc) is 2.96. The zero-order valence-corrected chi connectivity index (χ0v) is 14.1. The van der Waals surface area contributed by atoms with E-state index in [1.54, 1.807) is 12.3 Å². The van der Waals surface area contributed by atoms with E-state index < -0.39 is 16.1 Å². The molecule has 0 saturated heterocycles. The van der Waals surface area contributed by atoms with Gasteiger partial charge >= 0.3 is 0 Å². The lowest BCUT2D eigenvalue weighted by atomic mass is 10.0. The molecule has 0 saturated carbocycles. The number of aromatic amines is 1. The van der Waals surface area contributed by atoms with Crippen molar-refractivity contribution in [2.45, 2.75) is 44.7 Å². The van der Waals surface area contributed by atoms with Gasteiger partial charge in [0.1, 0.15) is 5.82 Å². The van der Waals surface area contributed by atoms with Crippen LogP contribution < -0.4 is 4.72 Å². The Labute approximate surface area is 131 Å². The summed E-state index contributed by atoms with van der Waals surface area (Å²) >= 11 is 0. The van der Waals surface area contributed by atoms with Gasteiger partial charge in [0.15, 0.2) is 5.03 Å². The van der Waals surface area contributed by atoms with E-state index in [2.05, 4.69) is 19.7 Å². The van der Waals surface area contributed by atoms with E-state index in [9.17, 15) is 8.42 Å². The Hall–Kier alpha value is -1.73. The minimum Gasteiger partial charge on any atom is -0.332 e. The Kier molecular flexibility index (Phi) is 4.97. The number of hydrogen-bond donors (Lipinski definition) is 2. The zero-order valence-electron chi connectivity index (χ0n) is 13.2. The maximum atomic E-state index is 12.5. The highest BCUT2D eigenvalue weighted by molar-refractivity contribution is 7.89. The van der Waals surface area contributed by atoms with Crippen molar-refractivity contribution in [3.8, 4) is 0 Å². The van der Waals surface area contributed by atoms with Crippen LogP contribution in [0.3, 0.4) is 0 Å². The minimum atomic E-state index is -3.67. The van der Waals surface area contributed by atoms with Crippen LogP contribution in [0.1, 0.15) is 51.2 Å². The molecular formula is C15H22N4O2S. The first-order chi connectivity index (χ1) is 10.3. The Bertz CT molecular complexity index is 708. The van der Waals surface area contributed by atoms with E-state index in [0.717, 1.165) is 0 Å². The molecule has 0 aliphatic carbocycles. The molecular weight excluding hydrogens is 300 g/mol. The number of nitrogens with one attached hydrogen (secondary N) is 2. The van der Waals surface area contributed by atoms with Gasteiger partial charge in [-0.05, 0) is 18.1 Å². The smallest absolute Gasteiger partial charge is 0.258 e. The van der Waals surface area contributed by atoms with Crippen LogP contribution in [0.25, 0.3) is 0 Å². The summed E-state index contributed by atoms with van der Waals surface area (Å²) in [6.07, 6.45) is 3.01. The summed E-state index contributed by atoms with van der Waals surface area (Å²) in [4.78, 5) is 11.2. The van der Waals surface area contributed by atoms with Gasteiger partial charge in [0.2, 0.25) is 0 Å². The molecule has 22 heavy (non-hydrogen) atoms. The number of rotatable bonds is 6. The van der Waals surface area contributed by atoms with Crippen molar-refractivity contribution in [2.75, 3.05) is 0 Å². The lowest BCUT2D eigenvalue weighted by Crippen LogP contribution is -2.32. The molecule has 0 aliphatic rings. The number of sulfonamides is 1. The molecule has 2 rings (SSSR count). The summed E-state index contributed by atoms with van der Waals surface area (Å²) in [5.74, 6) is 0.858. The Balaban J connectivity index is 2.28. The van der Waals surface area contributed by atoms with Gasteiger partial charge < -0.3 is 4.98 Å². The van der Waals surface area contributed by atoms with Crippen molar-refractivity contribution in [3.05, 3.63) is 42.1 Å². The summed E-state index contributed by atoms with van der Waals surface area (Å²) in [5, 5.41) is 0.0813. The highest BCUT2D eigenvalue weighted by Gasteiger charge is 2.26. The van der Waals surface area contributed by atoms with Gasteiger partial charge in [0.05, 0.1) is 17.9 Å². The molecule has 7 heteroatoms. The first-order valence-corrected chi connectivity index (χ1v) is 8.77. The van der Waals surface area contributed by atoms with E-state index in [1.165, 1.54) is 6.20 Å². The SMILES string of the molecule is CC(C)c1ncc(S(=O)(=O)N[C@@H](c2ccccn2)C(C)C)[nH]1. The first-order valence-electron chi connectivity index (χ1n) is 7.29. The average molecular weight is 322 g/mol. The molecule has 2 aromatic rings. The molecule has 0 aliphatic heterocycles. The molecule has 1 atom stereocenters. The fourth-order valence-electron chi connectivity index (χ4n) is 2.08. The van der Waals surface area contributed by atoms with Crippen molar-refractivity contribution in [1.29, 1.82) is 0 Å². The summed E-state index contributed by atoms with van der Waals surface area (Å²) in [6, 6.07) is 5.08. The predicted octanol–water partition coefficient (Wildman–Crippen LogP) is 2.60. The maximum absolute atomic E-state index is 12.5. The van der Waals surface area contributed by atoms with Crippen LogP contribution in [-0.2, 0) is 10.0 Å². The predicted molar refractivity (Wildman–Crippen MR) is 84.8 cm³/mol. The lowest BCUT2D eigenvalue weighted by molar-refractivity contribution is 0.453. The van der Waals surface area contributed by atoms with Crippen LogP contribution in [0, 0.1) is 5.92 Å². The van der Waals surface area contributed by atoms with Crippen LogP contribution in [0.4, 0.5) is 0 Å². The second-order valence-corrected chi connectivity index (χ2v) is 7.57.